The fourth-order valence-electron chi connectivity index (χ4n) is 1.75. The lowest BCUT2D eigenvalue weighted by Crippen LogP contribution is -2.12. The first kappa shape index (κ1) is 14.3. The van der Waals surface area contributed by atoms with Crippen molar-refractivity contribution in [1.82, 2.24) is 0 Å². The Kier molecular flexibility index (Phi) is 4.32. The number of nitrogens with one attached hydrogen (secondary N) is 1. The lowest BCUT2D eigenvalue weighted by molar-refractivity contribution is 0.0600. The summed E-state index contributed by atoms with van der Waals surface area (Å²) in [7, 11) is 1.30. The van der Waals surface area contributed by atoms with Gasteiger partial charge in [-0.15, -0.1) is 0 Å². The number of carbonyl (C=O) groups is 2. The third kappa shape index (κ3) is 3.45. The molecule has 5 nitrogen and oxygen atoms in total. The maximum absolute atomic E-state index is 12.1. The van der Waals surface area contributed by atoms with Crippen LogP contribution in [0.15, 0.2) is 48.5 Å². The molecule has 2 aromatic carbocycles. The van der Waals surface area contributed by atoms with Gasteiger partial charge in [0.1, 0.15) is 0 Å². The van der Waals surface area contributed by atoms with E-state index in [9.17, 15) is 9.59 Å². The van der Waals surface area contributed by atoms with Crippen molar-refractivity contribution >= 4 is 17.6 Å². The summed E-state index contributed by atoms with van der Waals surface area (Å²) < 4.78 is 4.59. The van der Waals surface area contributed by atoms with Gasteiger partial charge >= 0.3 is 5.97 Å². The first-order valence-corrected chi connectivity index (χ1v) is 6.14. The van der Waals surface area contributed by atoms with Crippen LogP contribution in [0.25, 0.3) is 0 Å². The van der Waals surface area contributed by atoms with Crippen molar-refractivity contribution in [3.8, 4) is 6.07 Å². The van der Waals surface area contributed by atoms with Crippen molar-refractivity contribution in [2.45, 2.75) is 0 Å². The van der Waals surface area contributed by atoms with Gasteiger partial charge in [0.05, 0.1) is 24.3 Å². The Hall–Kier alpha value is -3.13. The Morgan fingerprint density at radius 1 is 1.10 bits per heavy atom. The van der Waals surface area contributed by atoms with E-state index < -0.39 is 5.97 Å². The highest BCUT2D eigenvalue weighted by molar-refractivity contribution is 6.04. The average molecular weight is 280 g/mol. The number of amides is 1. The van der Waals surface area contributed by atoms with E-state index in [-0.39, 0.29) is 5.91 Å². The average Bonchev–Trinajstić information content (AvgIpc) is 2.54. The molecule has 0 aliphatic heterocycles. The number of methoxy groups -OCH3 is 1. The quantitative estimate of drug-likeness (QED) is 0.876. The van der Waals surface area contributed by atoms with E-state index in [1.165, 1.54) is 31.4 Å². The predicted octanol–water partition coefficient (Wildman–Crippen LogP) is 2.60. The summed E-state index contributed by atoms with van der Waals surface area (Å²) in [4.78, 5) is 23.4. The molecule has 2 rings (SSSR count). The van der Waals surface area contributed by atoms with Crippen molar-refractivity contribution < 1.29 is 14.3 Å². The second kappa shape index (κ2) is 6.35. The van der Waals surface area contributed by atoms with Crippen molar-refractivity contribution in [3.05, 3.63) is 65.2 Å². The molecule has 0 heterocycles. The molecule has 0 fully saturated rings. The van der Waals surface area contributed by atoms with Crippen LogP contribution in [0.5, 0.6) is 0 Å². The van der Waals surface area contributed by atoms with Gasteiger partial charge < -0.3 is 10.1 Å². The highest BCUT2D eigenvalue weighted by atomic mass is 16.5. The summed E-state index contributed by atoms with van der Waals surface area (Å²) >= 11 is 0. The van der Waals surface area contributed by atoms with Crippen molar-refractivity contribution in [1.29, 1.82) is 5.26 Å². The largest absolute Gasteiger partial charge is 0.465 e. The first-order valence-electron chi connectivity index (χ1n) is 6.14. The van der Waals surface area contributed by atoms with Crippen LogP contribution in [-0.2, 0) is 4.74 Å². The molecule has 0 aromatic heterocycles. The smallest absolute Gasteiger partial charge is 0.337 e. The summed E-state index contributed by atoms with van der Waals surface area (Å²) in [6.45, 7) is 0. The van der Waals surface area contributed by atoms with Gasteiger partial charge in [-0.3, -0.25) is 4.79 Å². The fourth-order valence-corrected chi connectivity index (χ4v) is 1.75. The second-order valence-electron chi connectivity index (χ2n) is 4.22. The van der Waals surface area contributed by atoms with Gasteiger partial charge in [0.15, 0.2) is 0 Å². The Morgan fingerprint density at radius 2 is 1.76 bits per heavy atom. The van der Waals surface area contributed by atoms with Crippen molar-refractivity contribution in [3.63, 3.8) is 0 Å². The molecule has 0 unspecified atom stereocenters. The minimum absolute atomic E-state index is 0.318. The SMILES string of the molecule is COC(=O)c1ccc(C(=O)Nc2cccc(C#N)c2)cc1. The van der Waals surface area contributed by atoms with Crippen LogP contribution in [-0.4, -0.2) is 19.0 Å². The lowest BCUT2D eigenvalue weighted by atomic mass is 10.1. The lowest BCUT2D eigenvalue weighted by Gasteiger charge is -2.06. The molecule has 1 amide bonds. The number of nitrogens with zero attached hydrogens (tertiary/aromatic N) is 1. The Morgan fingerprint density at radius 3 is 2.38 bits per heavy atom. The number of nitriles is 1. The van der Waals surface area contributed by atoms with Crippen LogP contribution >= 0.6 is 0 Å². The van der Waals surface area contributed by atoms with E-state index >= 15 is 0 Å². The van der Waals surface area contributed by atoms with Gasteiger partial charge in [-0.05, 0) is 42.5 Å². The van der Waals surface area contributed by atoms with Crippen LogP contribution in [0.3, 0.4) is 0 Å². The third-order valence-electron chi connectivity index (χ3n) is 2.82. The zero-order valence-corrected chi connectivity index (χ0v) is 11.3. The highest BCUT2D eigenvalue weighted by Crippen LogP contribution is 2.12. The van der Waals surface area contributed by atoms with Gasteiger partial charge in [0.2, 0.25) is 0 Å². The van der Waals surface area contributed by atoms with Gasteiger partial charge in [0, 0.05) is 11.3 Å². The highest BCUT2D eigenvalue weighted by Gasteiger charge is 2.09. The first-order chi connectivity index (χ1) is 10.1. The summed E-state index contributed by atoms with van der Waals surface area (Å²) in [5, 5.41) is 11.5. The number of benzene rings is 2. The van der Waals surface area contributed by atoms with Gasteiger partial charge in [-0.25, -0.2) is 4.79 Å². The Labute approximate surface area is 121 Å². The molecule has 5 heteroatoms. The molecule has 0 spiro atoms. The fraction of sp³-hybridized carbons (Fsp3) is 0.0625. The molecule has 21 heavy (non-hydrogen) atoms. The third-order valence-corrected chi connectivity index (χ3v) is 2.82. The number of hydrogen-bond donors (Lipinski definition) is 1. The second-order valence-corrected chi connectivity index (χ2v) is 4.22. The Balaban J connectivity index is 2.13. The minimum Gasteiger partial charge on any atom is -0.465 e. The van der Waals surface area contributed by atoms with Gasteiger partial charge in [-0.2, -0.15) is 5.26 Å². The van der Waals surface area contributed by atoms with E-state index in [1.54, 1.807) is 24.3 Å². The summed E-state index contributed by atoms with van der Waals surface area (Å²) in [6, 6.07) is 14.7. The number of rotatable bonds is 3. The molecule has 0 radical (unpaired) electrons. The Bertz CT molecular complexity index is 715. The molecular weight excluding hydrogens is 268 g/mol. The van der Waals surface area contributed by atoms with Crippen molar-refractivity contribution in [2.75, 3.05) is 12.4 Å². The van der Waals surface area contributed by atoms with Crippen molar-refractivity contribution in [2.24, 2.45) is 0 Å². The van der Waals surface area contributed by atoms with E-state index in [2.05, 4.69) is 10.1 Å². The monoisotopic (exact) mass is 280 g/mol. The standard InChI is InChI=1S/C16H12N2O3/c1-21-16(20)13-7-5-12(6-8-13)15(19)18-14-4-2-3-11(9-14)10-17/h2-9H,1H3,(H,18,19). The molecule has 2 aromatic rings. The molecular formula is C16H12N2O3. The molecule has 1 N–H and O–H groups in total. The van der Waals surface area contributed by atoms with Gasteiger partial charge in [-0.1, -0.05) is 6.07 Å². The maximum Gasteiger partial charge on any atom is 0.337 e. The molecule has 0 aliphatic rings. The molecule has 0 saturated heterocycles. The van der Waals surface area contributed by atoms with Crippen LogP contribution in [0.4, 0.5) is 5.69 Å². The summed E-state index contributed by atoms with van der Waals surface area (Å²) in [5.41, 5.74) is 1.79. The number of anilines is 1. The topological polar surface area (TPSA) is 79.2 Å². The number of ether oxygens (including phenoxy) is 1. The predicted molar refractivity (Wildman–Crippen MR) is 76.9 cm³/mol. The molecule has 0 aliphatic carbocycles. The summed E-state index contributed by atoms with van der Waals surface area (Å²) in [5.74, 6) is -0.773. The van der Waals surface area contributed by atoms with Crippen LogP contribution in [0, 0.1) is 11.3 Å². The molecule has 0 saturated carbocycles. The number of hydrogen-bond acceptors (Lipinski definition) is 4. The van der Waals surface area contributed by atoms with E-state index in [0.29, 0.717) is 22.4 Å². The normalized spacial score (nSPS) is 9.52. The maximum atomic E-state index is 12.1. The van der Waals surface area contributed by atoms with Gasteiger partial charge in [0.25, 0.3) is 5.91 Å². The number of esters is 1. The molecule has 0 bridgehead atoms. The zero-order valence-electron chi connectivity index (χ0n) is 11.3. The molecule has 0 atom stereocenters. The van der Waals surface area contributed by atoms with Crippen LogP contribution < -0.4 is 5.32 Å². The summed E-state index contributed by atoms with van der Waals surface area (Å²) in [6.07, 6.45) is 0. The van der Waals surface area contributed by atoms with E-state index in [0.717, 1.165) is 0 Å². The zero-order chi connectivity index (χ0) is 15.2. The van der Waals surface area contributed by atoms with Crippen LogP contribution in [0.1, 0.15) is 26.3 Å². The molecule has 104 valence electrons. The van der Waals surface area contributed by atoms with E-state index in [1.807, 2.05) is 6.07 Å². The van der Waals surface area contributed by atoms with Crippen LogP contribution in [0.2, 0.25) is 0 Å². The number of carbonyl (C=O) groups excluding carboxylic acids is 2. The van der Waals surface area contributed by atoms with E-state index in [4.69, 9.17) is 5.26 Å². The minimum atomic E-state index is -0.455.